The number of nitro groups is 2. The summed E-state index contributed by atoms with van der Waals surface area (Å²) < 4.78 is 0.819. The van der Waals surface area contributed by atoms with E-state index < -0.39 is 27.2 Å². The molecule has 2 rings (SSSR count). The third-order valence-corrected chi connectivity index (χ3v) is 2.89. The zero-order chi connectivity index (χ0) is 14.2. The van der Waals surface area contributed by atoms with Crippen LogP contribution in [0.3, 0.4) is 0 Å². The number of rotatable bonds is 4. The van der Waals surface area contributed by atoms with Crippen LogP contribution >= 0.6 is 11.3 Å². The lowest BCUT2D eigenvalue weighted by Crippen LogP contribution is -2.02. The molecule has 12 heteroatoms. The number of nitrogens with zero attached hydrogens (tertiary/aromatic N) is 5. The summed E-state index contributed by atoms with van der Waals surface area (Å²) >= 11 is 0.614. The molecule has 11 nitrogen and oxygen atoms in total. The first-order valence-electron chi connectivity index (χ1n) is 4.48. The normalized spacial score (nSPS) is 10.3. The summed E-state index contributed by atoms with van der Waals surface area (Å²) in [6, 6.07) is 0. The first kappa shape index (κ1) is 12.6. The summed E-state index contributed by atoms with van der Waals surface area (Å²) in [4.78, 5) is 34.0. The maximum atomic E-state index is 10.8. The van der Waals surface area contributed by atoms with E-state index in [-0.39, 0.29) is 10.1 Å². The van der Waals surface area contributed by atoms with E-state index in [1.54, 1.807) is 0 Å². The second-order valence-corrected chi connectivity index (χ2v) is 4.10. The summed E-state index contributed by atoms with van der Waals surface area (Å²) in [5.41, 5.74) is -1.48. The van der Waals surface area contributed by atoms with E-state index in [1.807, 2.05) is 0 Å². The van der Waals surface area contributed by atoms with Crippen molar-refractivity contribution in [3.63, 3.8) is 0 Å². The molecule has 2 heterocycles. The summed E-state index contributed by atoms with van der Waals surface area (Å²) in [7, 11) is 0. The van der Waals surface area contributed by atoms with E-state index in [9.17, 15) is 25.0 Å². The molecule has 0 saturated heterocycles. The second-order valence-electron chi connectivity index (χ2n) is 3.11. The van der Waals surface area contributed by atoms with Crippen LogP contribution in [-0.2, 0) is 0 Å². The average Bonchev–Trinajstić information content (AvgIpc) is 2.95. The van der Waals surface area contributed by atoms with Crippen molar-refractivity contribution in [1.82, 2.24) is 14.8 Å². The number of aromatic carboxylic acids is 1. The van der Waals surface area contributed by atoms with Crippen molar-refractivity contribution in [2.75, 3.05) is 0 Å². The Morgan fingerprint density at radius 3 is 2.47 bits per heavy atom. The molecule has 98 valence electrons. The Bertz CT molecular complexity index is 658. The largest absolute Gasteiger partial charge is 0.476 e. The third-order valence-electron chi connectivity index (χ3n) is 1.95. The second kappa shape index (κ2) is 4.41. The highest BCUT2D eigenvalue weighted by Gasteiger charge is 2.27. The molecule has 0 saturated carbocycles. The Morgan fingerprint density at radius 2 is 2.05 bits per heavy atom. The van der Waals surface area contributed by atoms with Crippen LogP contribution in [0.4, 0.5) is 10.7 Å². The van der Waals surface area contributed by atoms with Crippen LogP contribution in [0.5, 0.6) is 0 Å². The van der Waals surface area contributed by atoms with Crippen molar-refractivity contribution in [1.29, 1.82) is 0 Å². The van der Waals surface area contributed by atoms with Crippen molar-refractivity contribution in [2.45, 2.75) is 0 Å². The van der Waals surface area contributed by atoms with E-state index >= 15 is 0 Å². The van der Waals surface area contributed by atoms with Gasteiger partial charge in [-0.3, -0.25) is 20.2 Å². The number of carbonyl (C=O) groups is 1. The Morgan fingerprint density at radius 1 is 1.37 bits per heavy atom. The summed E-state index contributed by atoms with van der Waals surface area (Å²) in [6.07, 6.45) is 1.79. The molecular weight excluding hydrogens is 282 g/mol. The van der Waals surface area contributed by atoms with Crippen molar-refractivity contribution < 1.29 is 19.7 Å². The van der Waals surface area contributed by atoms with Crippen LogP contribution in [0.2, 0.25) is 0 Å². The highest BCUT2D eigenvalue weighted by Crippen LogP contribution is 2.26. The van der Waals surface area contributed by atoms with Gasteiger partial charge in [0.05, 0.1) is 9.85 Å². The lowest BCUT2D eigenvalue weighted by atomic mass is 10.4. The van der Waals surface area contributed by atoms with Gasteiger partial charge in [-0.2, -0.15) is 5.10 Å². The minimum atomic E-state index is -1.57. The number of carboxylic acids is 1. The van der Waals surface area contributed by atoms with Gasteiger partial charge in [0, 0.05) is 0 Å². The summed E-state index contributed by atoms with van der Waals surface area (Å²) in [5, 5.41) is 33.0. The van der Waals surface area contributed by atoms with Crippen LogP contribution in [0, 0.1) is 20.2 Å². The topological polar surface area (TPSA) is 154 Å². The van der Waals surface area contributed by atoms with Gasteiger partial charge in [0.2, 0.25) is 10.8 Å². The van der Waals surface area contributed by atoms with E-state index in [2.05, 4.69) is 10.1 Å². The highest BCUT2D eigenvalue weighted by molar-refractivity contribution is 7.17. The van der Waals surface area contributed by atoms with Gasteiger partial charge in [0.15, 0.2) is 0 Å². The van der Waals surface area contributed by atoms with E-state index in [0.717, 1.165) is 17.1 Å². The monoisotopic (exact) mass is 285 g/mol. The van der Waals surface area contributed by atoms with Crippen molar-refractivity contribution in [3.8, 4) is 5.13 Å². The molecule has 0 aliphatic heterocycles. The van der Waals surface area contributed by atoms with Gasteiger partial charge >= 0.3 is 16.7 Å². The quantitative estimate of drug-likeness (QED) is 0.640. The van der Waals surface area contributed by atoms with Crippen LogP contribution in [0.25, 0.3) is 5.13 Å². The zero-order valence-electron chi connectivity index (χ0n) is 8.79. The van der Waals surface area contributed by atoms with Crippen molar-refractivity contribution in [3.05, 3.63) is 38.3 Å². The molecule has 19 heavy (non-hydrogen) atoms. The van der Waals surface area contributed by atoms with Crippen molar-refractivity contribution in [2.24, 2.45) is 0 Å². The Balaban J connectivity index is 2.50. The third kappa shape index (κ3) is 2.23. The molecule has 0 aliphatic rings. The summed E-state index contributed by atoms with van der Waals surface area (Å²) in [5.74, 6) is -1.57. The number of carboxylic acid groups (broad SMARTS) is 1. The maximum absolute atomic E-state index is 10.8. The van der Waals surface area contributed by atoms with Crippen LogP contribution in [-0.4, -0.2) is 35.7 Å². The van der Waals surface area contributed by atoms with E-state index in [1.165, 1.54) is 0 Å². The lowest BCUT2D eigenvalue weighted by Gasteiger charge is -1.89. The van der Waals surface area contributed by atoms with Gasteiger partial charge in [0.1, 0.15) is 12.4 Å². The first-order chi connectivity index (χ1) is 8.90. The van der Waals surface area contributed by atoms with Gasteiger partial charge in [-0.15, -0.1) is 0 Å². The molecule has 2 aromatic heterocycles. The molecule has 1 N–H and O–H groups in total. The molecule has 2 aromatic rings. The van der Waals surface area contributed by atoms with E-state index in [4.69, 9.17) is 5.11 Å². The van der Waals surface area contributed by atoms with Gasteiger partial charge in [0.25, 0.3) is 0 Å². The molecule has 0 aromatic carbocycles. The van der Waals surface area contributed by atoms with Gasteiger partial charge < -0.3 is 5.11 Å². The highest BCUT2D eigenvalue weighted by atomic mass is 32.1. The zero-order valence-corrected chi connectivity index (χ0v) is 9.60. The predicted octanol–water partition coefficient (Wildman–Crippen LogP) is 0.843. The van der Waals surface area contributed by atoms with E-state index in [0.29, 0.717) is 11.3 Å². The number of thiazole rings is 1. The first-order valence-corrected chi connectivity index (χ1v) is 5.29. The SMILES string of the molecule is O=C(O)c1nn(-c2ncc([N+](=O)[O-])s2)cc1[N+](=O)[O-]. The fraction of sp³-hybridized carbons (Fsp3) is 0. The van der Waals surface area contributed by atoms with Crippen LogP contribution < -0.4 is 0 Å². The number of aromatic nitrogens is 3. The van der Waals surface area contributed by atoms with Gasteiger partial charge in [-0.25, -0.2) is 14.5 Å². The molecule has 0 atom stereocenters. The minimum Gasteiger partial charge on any atom is -0.476 e. The number of hydrogen-bond acceptors (Lipinski definition) is 8. The lowest BCUT2D eigenvalue weighted by molar-refractivity contribution is -0.385. The Hall–Kier alpha value is -2.89. The predicted molar refractivity (Wildman–Crippen MR) is 59.5 cm³/mol. The standard InChI is InChI=1S/C7H3N5O6S/c13-6(14)5-3(11(15)16)2-10(9-5)7-8-1-4(19-7)12(17)18/h1-2H,(H,13,14). The average molecular weight is 285 g/mol. The minimum absolute atomic E-state index is 0.0395. The van der Waals surface area contributed by atoms with Gasteiger partial charge in [-0.05, 0) is 11.3 Å². The summed E-state index contributed by atoms with van der Waals surface area (Å²) in [6.45, 7) is 0. The fourth-order valence-electron chi connectivity index (χ4n) is 1.20. The van der Waals surface area contributed by atoms with Gasteiger partial charge in [-0.1, -0.05) is 0 Å². The maximum Gasteiger partial charge on any atom is 0.363 e. The molecule has 0 spiro atoms. The number of hydrogen-bond donors (Lipinski definition) is 1. The Labute approximate surface area is 107 Å². The molecule has 0 amide bonds. The van der Waals surface area contributed by atoms with Crippen LogP contribution in [0.15, 0.2) is 12.4 Å². The van der Waals surface area contributed by atoms with Crippen molar-refractivity contribution >= 4 is 28.0 Å². The molecule has 0 aliphatic carbocycles. The molecular formula is C7H3N5O6S. The smallest absolute Gasteiger partial charge is 0.363 e. The molecule has 0 radical (unpaired) electrons. The fourth-order valence-corrected chi connectivity index (χ4v) is 1.86. The van der Waals surface area contributed by atoms with Crippen LogP contribution in [0.1, 0.15) is 10.5 Å². The molecule has 0 bridgehead atoms. The molecule has 0 fully saturated rings. The molecule has 0 unspecified atom stereocenters. The Kier molecular flexibility index (Phi) is 2.92.